The van der Waals surface area contributed by atoms with Crippen LogP contribution in [0.15, 0.2) is 30.9 Å². The van der Waals surface area contributed by atoms with Gasteiger partial charge in [0, 0.05) is 31.7 Å². The molecule has 0 aromatic heterocycles. The number of phenolic OH excluding ortho intramolecular Hbond substituents is 1. The highest BCUT2D eigenvalue weighted by Gasteiger charge is 2.21. The highest BCUT2D eigenvalue weighted by atomic mass is 16.3. The van der Waals surface area contributed by atoms with Crippen LogP contribution in [0.5, 0.6) is 5.75 Å². The molecule has 1 fully saturated rings. The molecule has 17 heavy (non-hydrogen) atoms. The molecule has 1 saturated heterocycles. The van der Waals surface area contributed by atoms with E-state index in [1.807, 2.05) is 31.2 Å². The summed E-state index contributed by atoms with van der Waals surface area (Å²) in [7, 11) is 0. The Morgan fingerprint density at radius 2 is 2.12 bits per heavy atom. The van der Waals surface area contributed by atoms with Gasteiger partial charge in [-0.25, -0.2) is 0 Å². The SMILES string of the molecule is C=C[C@@H](c1ccc(C)cc1O)N1CCNCC1. The summed E-state index contributed by atoms with van der Waals surface area (Å²) in [6, 6.07) is 5.96. The minimum absolute atomic E-state index is 0.109. The van der Waals surface area contributed by atoms with E-state index in [0.29, 0.717) is 5.75 Å². The molecule has 92 valence electrons. The second-order valence-electron chi connectivity index (χ2n) is 4.53. The minimum Gasteiger partial charge on any atom is -0.508 e. The zero-order chi connectivity index (χ0) is 12.3. The van der Waals surface area contributed by atoms with Crippen molar-refractivity contribution in [3.05, 3.63) is 42.0 Å². The average Bonchev–Trinajstić information content (AvgIpc) is 2.34. The predicted molar refractivity (Wildman–Crippen MR) is 70.2 cm³/mol. The number of nitrogens with zero attached hydrogens (tertiary/aromatic N) is 1. The molecule has 3 nitrogen and oxygen atoms in total. The van der Waals surface area contributed by atoms with Crippen molar-refractivity contribution in [2.75, 3.05) is 26.2 Å². The average molecular weight is 232 g/mol. The third kappa shape index (κ3) is 2.68. The Kier molecular flexibility index (Phi) is 3.82. The van der Waals surface area contributed by atoms with E-state index in [-0.39, 0.29) is 6.04 Å². The molecule has 3 heteroatoms. The Bertz CT molecular complexity index is 397. The number of rotatable bonds is 3. The van der Waals surface area contributed by atoms with Crippen LogP contribution in [-0.4, -0.2) is 36.2 Å². The van der Waals surface area contributed by atoms with E-state index in [0.717, 1.165) is 37.3 Å². The van der Waals surface area contributed by atoms with Gasteiger partial charge in [0.05, 0.1) is 6.04 Å². The van der Waals surface area contributed by atoms with Crippen molar-refractivity contribution in [2.24, 2.45) is 0 Å². The third-order valence-electron chi connectivity index (χ3n) is 3.27. The number of aryl methyl sites for hydroxylation is 1. The molecule has 0 spiro atoms. The Labute approximate surface area is 103 Å². The van der Waals surface area contributed by atoms with Gasteiger partial charge in [0.25, 0.3) is 0 Å². The topological polar surface area (TPSA) is 35.5 Å². The molecule has 0 unspecified atom stereocenters. The summed E-state index contributed by atoms with van der Waals surface area (Å²) in [4.78, 5) is 2.34. The predicted octanol–water partition coefficient (Wildman–Crippen LogP) is 1.83. The number of hydrogen-bond donors (Lipinski definition) is 2. The van der Waals surface area contributed by atoms with Crippen LogP contribution in [0.3, 0.4) is 0 Å². The normalized spacial score (nSPS) is 18.9. The van der Waals surface area contributed by atoms with Gasteiger partial charge in [-0.1, -0.05) is 18.2 Å². The molecule has 0 bridgehead atoms. The fraction of sp³-hybridized carbons (Fsp3) is 0.429. The van der Waals surface area contributed by atoms with Gasteiger partial charge in [0.2, 0.25) is 0 Å². The summed E-state index contributed by atoms with van der Waals surface area (Å²) in [5, 5.41) is 13.4. The molecule has 0 amide bonds. The van der Waals surface area contributed by atoms with Crippen molar-refractivity contribution in [2.45, 2.75) is 13.0 Å². The zero-order valence-electron chi connectivity index (χ0n) is 10.3. The van der Waals surface area contributed by atoms with E-state index in [1.54, 1.807) is 0 Å². The van der Waals surface area contributed by atoms with Crippen LogP contribution in [-0.2, 0) is 0 Å². The Morgan fingerprint density at radius 3 is 2.71 bits per heavy atom. The molecule has 0 saturated carbocycles. The largest absolute Gasteiger partial charge is 0.508 e. The fourth-order valence-corrected chi connectivity index (χ4v) is 2.34. The second kappa shape index (κ2) is 5.34. The van der Waals surface area contributed by atoms with Gasteiger partial charge in [0.15, 0.2) is 0 Å². The van der Waals surface area contributed by atoms with Gasteiger partial charge < -0.3 is 10.4 Å². The highest BCUT2D eigenvalue weighted by Crippen LogP contribution is 2.30. The molecule has 1 heterocycles. The number of piperazine rings is 1. The lowest BCUT2D eigenvalue weighted by Gasteiger charge is -2.33. The van der Waals surface area contributed by atoms with Crippen molar-refractivity contribution >= 4 is 0 Å². The first kappa shape index (κ1) is 12.1. The lowest BCUT2D eigenvalue weighted by Crippen LogP contribution is -2.44. The zero-order valence-corrected chi connectivity index (χ0v) is 10.3. The molecule has 0 radical (unpaired) electrons. The summed E-state index contributed by atoms with van der Waals surface area (Å²) >= 11 is 0. The molecule has 0 aliphatic carbocycles. The van der Waals surface area contributed by atoms with Gasteiger partial charge in [-0.05, 0) is 18.6 Å². The highest BCUT2D eigenvalue weighted by molar-refractivity contribution is 5.39. The maximum Gasteiger partial charge on any atom is 0.120 e. The van der Waals surface area contributed by atoms with Crippen molar-refractivity contribution in [3.63, 3.8) is 0 Å². The lowest BCUT2D eigenvalue weighted by molar-refractivity contribution is 0.201. The molecule has 1 aliphatic rings. The van der Waals surface area contributed by atoms with Crippen LogP contribution in [0.4, 0.5) is 0 Å². The van der Waals surface area contributed by atoms with Crippen molar-refractivity contribution in [3.8, 4) is 5.75 Å². The van der Waals surface area contributed by atoms with Crippen molar-refractivity contribution in [1.82, 2.24) is 10.2 Å². The molecule has 1 aromatic rings. The summed E-state index contributed by atoms with van der Waals surface area (Å²) in [5.41, 5.74) is 2.03. The van der Waals surface area contributed by atoms with Crippen molar-refractivity contribution < 1.29 is 5.11 Å². The van der Waals surface area contributed by atoms with Crippen LogP contribution < -0.4 is 5.32 Å². The number of hydrogen-bond acceptors (Lipinski definition) is 3. The number of benzene rings is 1. The number of nitrogens with one attached hydrogen (secondary N) is 1. The monoisotopic (exact) mass is 232 g/mol. The van der Waals surface area contributed by atoms with Gasteiger partial charge >= 0.3 is 0 Å². The Balaban J connectivity index is 2.24. The van der Waals surface area contributed by atoms with Gasteiger partial charge in [-0.15, -0.1) is 6.58 Å². The molecule has 2 N–H and O–H groups in total. The summed E-state index contributed by atoms with van der Waals surface area (Å²) in [5.74, 6) is 0.369. The van der Waals surface area contributed by atoms with E-state index < -0.39 is 0 Å². The lowest BCUT2D eigenvalue weighted by atomic mass is 10.0. The summed E-state index contributed by atoms with van der Waals surface area (Å²) in [6.45, 7) is 9.86. The molecular weight excluding hydrogens is 212 g/mol. The fourth-order valence-electron chi connectivity index (χ4n) is 2.34. The first-order valence-corrected chi connectivity index (χ1v) is 6.09. The standard InChI is InChI=1S/C14H20N2O/c1-3-13(16-8-6-15-7-9-16)12-5-4-11(2)10-14(12)17/h3-5,10,13,15,17H,1,6-9H2,2H3/t13-/m0/s1. The summed E-state index contributed by atoms with van der Waals surface area (Å²) in [6.07, 6.45) is 1.91. The first-order valence-electron chi connectivity index (χ1n) is 6.09. The third-order valence-corrected chi connectivity index (χ3v) is 3.27. The summed E-state index contributed by atoms with van der Waals surface area (Å²) < 4.78 is 0. The van der Waals surface area contributed by atoms with E-state index in [4.69, 9.17) is 0 Å². The minimum atomic E-state index is 0.109. The van der Waals surface area contributed by atoms with Crippen LogP contribution in [0.2, 0.25) is 0 Å². The smallest absolute Gasteiger partial charge is 0.120 e. The number of phenols is 1. The van der Waals surface area contributed by atoms with E-state index in [1.165, 1.54) is 0 Å². The molecule has 1 atom stereocenters. The van der Waals surface area contributed by atoms with Crippen LogP contribution in [0.25, 0.3) is 0 Å². The van der Waals surface area contributed by atoms with Gasteiger partial charge in [-0.3, -0.25) is 4.90 Å². The molecular formula is C14H20N2O. The van der Waals surface area contributed by atoms with E-state index >= 15 is 0 Å². The van der Waals surface area contributed by atoms with E-state index in [2.05, 4.69) is 16.8 Å². The second-order valence-corrected chi connectivity index (χ2v) is 4.53. The Morgan fingerprint density at radius 1 is 1.41 bits per heavy atom. The van der Waals surface area contributed by atoms with Crippen LogP contribution in [0.1, 0.15) is 17.2 Å². The van der Waals surface area contributed by atoms with E-state index in [9.17, 15) is 5.11 Å². The van der Waals surface area contributed by atoms with Crippen LogP contribution in [0, 0.1) is 6.92 Å². The van der Waals surface area contributed by atoms with Gasteiger partial charge in [0.1, 0.15) is 5.75 Å². The van der Waals surface area contributed by atoms with Gasteiger partial charge in [-0.2, -0.15) is 0 Å². The first-order chi connectivity index (χ1) is 8.22. The maximum atomic E-state index is 10.0. The molecule has 1 aliphatic heterocycles. The number of aromatic hydroxyl groups is 1. The Hall–Kier alpha value is -1.32. The maximum absolute atomic E-state index is 10.0. The van der Waals surface area contributed by atoms with Crippen LogP contribution >= 0.6 is 0 Å². The molecule has 1 aromatic carbocycles. The quantitative estimate of drug-likeness (QED) is 0.781. The molecule has 2 rings (SSSR count). The van der Waals surface area contributed by atoms with Crippen molar-refractivity contribution in [1.29, 1.82) is 0 Å².